The lowest BCUT2D eigenvalue weighted by Crippen LogP contribution is -2.02. The van der Waals surface area contributed by atoms with Gasteiger partial charge in [-0.2, -0.15) is 5.26 Å². The van der Waals surface area contributed by atoms with Gasteiger partial charge >= 0.3 is 0 Å². The van der Waals surface area contributed by atoms with Crippen LogP contribution in [0.4, 0.5) is 5.69 Å². The third kappa shape index (κ3) is 3.18. The number of hydrogen-bond donors (Lipinski definition) is 1. The van der Waals surface area contributed by atoms with E-state index in [2.05, 4.69) is 4.98 Å². The molecule has 2 N–H and O–H groups in total. The summed E-state index contributed by atoms with van der Waals surface area (Å²) in [5.74, 6) is 0.324. The molecule has 2 aromatic rings. The van der Waals surface area contributed by atoms with Gasteiger partial charge in [-0.25, -0.2) is 4.98 Å². The van der Waals surface area contributed by atoms with E-state index in [0.29, 0.717) is 22.0 Å². The average Bonchev–Trinajstić information content (AvgIpc) is 2.41. The van der Waals surface area contributed by atoms with E-state index in [1.54, 1.807) is 24.4 Å². The lowest BCUT2D eigenvalue weighted by atomic mass is 10.2. The molecule has 4 nitrogen and oxygen atoms in total. The Labute approximate surface area is 114 Å². The van der Waals surface area contributed by atoms with Gasteiger partial charge in [-0.1, -0.05) is 6.07 Å². The molecule has 96 valence electrons. The van der Waals surface area contributed by atoms with Gasteiger partial charge in [0, 0.05) is 11.9 Å². The molecule has 1 unspecified atom stereocenters. The summed E-state index contributed by atoms with van der Waals surface area (Å²) in [6.45, 7) is 1.93. The maximum atomic E-state index is 12.3. The number of nitrogens with two attached hydrogens (primary N) is 1. The van der Waals surface area contributed by atoms with Gasteiger partial charge in [0.1, 0.15) is 11.8 Å². The van der Waals surface area contributed by atoms with Crippen LogP contribution in [0.5, 0.6) is 0 Å². The topological polar surface area (TPSA) is 79.8 Å². The van der Waals surface area contributed by atoms with E-state index < -0.39 is 10.8 Å². The number of aromatic nitrogens is 1. The summed E-state index contributed by atoms with van der Waals surface area (Å²) in [6, 6.07) is 10.8. The maximum absolute atomic E-state index is 12.3. The molecule has 0 radical (unpaired) electrons. The van der Waals surface area contributed by atoms with Crippen molar-refractivity contribution in [1.29, 1.82) is 5.26 Å². The van der Waals surface area contributed by atoms with Crippen LogP contribution in [0.3, 0.4) is 0 Å². The number of nitrogen functional groups attached to an aromatic ring is 1. The van der Waals surface area contributed by atoms with Crippen molar-refractivity contribution in [3.05, 3.63) is 53.3 Å². The Morgan fingerprint density at radius 3 is 2.89 bits per heavy atom. The monoisotopic (exact) mass is 271 g/mol. The Morgan fingerprint density at radius 2 is 2.16 bits per heavy atom. The molecular weight excluding hydrogens is 258 g/mol. The lowest BCUT2D eigenvalue weighted by molar-refractivity contribution is 0.683. The number of aryl methyl sites for hydroxylation is 1. The second-order valence-electron chi connectivity index (χ2n) is 4.19. The van der Waals surface area contributed by atoms with E-state index >= 15 is 0 Å². The van der Waals surface area contributed by atoms with E-state index in [9.17, 15) is 4.21 Å². The molecule has 0 spiro atoms. The Balaban J connectivity index is 2.26. The molecular formula is C14H13N3OS. The molecule has 0 aliphatic heterocycles. The van der Waals surface area contributed by atoms with Gasteiger partial charge in [0.2, 0.25) is 0 Å². The van der Waals surface area contributed by atoms with E-state index in [4.69, 9.17) is 11.0 Å². The standard InChI is InChI=1S/C14H13N3OS/c1-10-2-3-13(16)14(6-10)19(18)9-11-4-5-17-12(7-11)8-15/h2-7H,9,16H2,1H3. The van der Waals surface area contributed by atoms with Crippen LogP contribution in [0.1, 0.15) is 16.8 Å². The predicted octanol–water partition coefficient (Wildman–Crippen LogP) is 2.15. The fourth-order valence-corrected chi connectivity index (χ4v) is 2.98. The molecule has 19 heavy (non-hydrogen) atoms. The summed E-state index contributed by atoms with van der Waals surface area (Å²) in [7, 11) is -1.23. The molecule has 0 bridgehead atoms. The van der Waals surface area contributed by atoms with E-state index in [1.807, 2.05) is 25.1 Å². The van der Waals surface area contributed by atoms with Crippen molar-refractivity contribution in [2.24, 2.45) is 0 Å². The second-order valence-corrected chi connectivity index (χ2v) is 5.61. The Morgan fingerprint density at radius 1 is 1.37 bits per heavy atom. The SMILES string of the molecule is Cc1ccc(N)c(S(=O)Cc2ccnc(C#N)c2)c1. The van der Waals surface area contributed by atoms with E-state index in [1.165, 1.54) is 0 Å². The number of nitriles is 1. The predicted molar refractivity (Wildman–Crippen MR) is 74.7 cm³/mol. The highest BCUT2D eigenvalue weighted by molar-refractivity contribution is 7.84. The van der Waals surface area contributed by atoms with E-state index in [-0.39, 0.29) is 0 Å². The molecule has 0 saturated carbocycles. The molecule has 2 rings (SSSR count). The van der Waals surface area contributed by atoms with Crippen LogP contribution in [0.25, 0.3) is 0 Å². The fourth-order valence-electron chi connectivity index (χ4n) is 1.69. The van der Waals surface area contributed by atoms with Gasteiger partial charge in [0.15, 0.2) is 0 Å². The minimum Gasteiger partial charge on any atom is -0.398 e. The highest BCUT2D eigenvalue weighted by atomic mass is 32.2. The minimum atomic E-state index is -1.23. The van der Waals surface area contributed by atoms with Gasteiger partial charge in [-0.05, 0) is 42.3 Å². The van der Waals surface area contributed by atoms with Crippen molar-refractivity contribution in [3.63, 3.8) is 0 Å². The zero-order chi connectivity index (χ0) is 13.8. The van der Waals surface area contributed by atoms with Crippen molar-refractivity contribution in [3.8, 4) is 6.07 Å². The van der Waals surface area contributed by atoms with Crippen LogP contribution in [0.15, 0.2) is 41.4 Å². The highest BCUT2D eigenvalue weighted by Crippen LogP contribution is 2.20. The summed E-state index contributed by atoms with van der Waals surface area (Å²) in [5.41, 5.74) is 8.52. The first-order valence-corrected chi connectivity index (χ1v) is 7.01. The van der Waals surface area contributed by atoms with Gasteiger partial charge < -0.3 is 5.73 Å². The first kappa shape index (κ1) is 13.2. The van der Waals surface area contributed by atoms with Gasteiger partial charge in [-0.15, -0.1) is 0 Å². The molecule has 0 amide bonds. The summed E-state index contributed by atoms with van der Waals surface area (Å²) in [6.07, 6.45) is 1.55. The van der Waals surface area contributed by atoms with E-state index in [0.717, 1.165) is 11.1 Å². The van der Waals surface area contributed by atoms with Gasteiger partial charge in [0.25, 0.3) is 0 Å². The third-order valence-electron chi connectivity index (χ3n) is 2.65. The molecule has 0 saturated heterocycles. The molecule has 1 heterocycles. The summed E-state index contributed by atoms with van der Waals surface area (Å²) >= 11 is 0. The maximum Gasteiger partial charge on any atom is 0.140 e. The van der Waals surface area contributed by atoms with Crippen molar-refractivity contribution >= 4 is 16.5 Å². The molecule has 5 heteroatoms. The first-order valence-electron chi connectivity index (χ1n) is 5.69. The Bertz CT molecular complexity index is 677. The molecule has 1 aromatic carbocycles. The number of rotatable bonds is 3. The van der Waals surface area contributed by atoms with Crippen molar-refractivity contribution in [1.82, 2.24) is 4.98 Å². The Kier molecular flexibility index (Phi) is 3.93. The number of hydrogen-bond acceptors (Lipinski definition) is 4. The average molecular weight is 271 g/mol. The molecule has 1 atom stereocenters. The zero-order valence-corrected chi connectivity index (χ0v) is 11.3. The number of anilines is 1. The molecule has 0 aliphatic rings. The second kappa shape index (κ2) is 5.63. The minimum absolute atomic E-state index is 0.324. The first-order chi connectivity index (χ1) is 9.10. The van der Waals surface area contributed by atoms with Gasteiger partial charge in [-0.3, -0.25) is 4.21 Å². The summed E-state index contributed by atoms with van der Waals surface area (Å²) in [5, 5.41) is 8.79. The molecule has 0 fully saturated rings. The van der Waals surface area contributed by atoms with Crippen molar-refractivity contribution < 1.29 is 4.21 Å². The van der Waals surface area contributed by atoms with Crippen molar-refractivity contribution in [2.75, 3.05) is 5.73 Å². The zero-order valence-electron chi connectivity index (χ0n) is 10.5. The smallest absolute Gasteiger partial charge is 0.140 e. The fraction of sp³-hybridized carbons (Fsp3) is 0.143. The van der Waals surface area contributed by atoms with Crippen LogP contribution in [0.2, 0.25) is 0 Å². The Hall–Kier alpha value is -2.19. The van der Waals surface area contributed by atoms with Crippen LogP contribution in [0, 0.1) is 18.3 Å². The lowest BCUT2D eigenvalue weighted by Gasteiger charge is -2.07. The normalized spacial score (nSPS) is 11.8. The number of pyridine rings is 1. The van der Waals surface area contributed by atoms with Gasteiger partial charge in [0.05, 0.1) is 21.4 Å². The summed E-state index contributed by atoms with van der Waals surface area (Å²) < 4.78 is 12.3. The molecule has 0 aliphatic carbocycles. The van der Waals surface area contributed by atoms with Crippen LogP contribution < -0.4 is 5.73 Å². The van der Waals surface area contributed by atoms with Crippen LogP contribution in [-0.4, -0.2) is 9.19 Å². The summed E-state index contributed by atoms with van der Waals surface area (Å²) in [4.78, 5) is 4.52. The molecule has 1 aromatic heterocycles. The third-order valence-corrected chi connectivity index (χ3v) is 4.09. The quantitative estimate of drug-likeness (QED) is 0.867. The highest BCUT2D eigenvalue weighted by Gasteiger charge is 2.10. The number of nitrogens with zero attached hydrogens (tertiary/aromatic N) is 2. The van der Waals surface area contributed by atoms with Crippen LogP contribution in [-0.2, 0) is 16.6 Å². The largest absolute Gasteiger partial charge is 0.398 e. The number of benzene rings is 1. The van der Waals surface area contributed by atoms with Crippen molar-refractivity contribution in [2.45, 2.75) is 17.6 Å². The van der Waals surface area contributed by atoms with Crippen LogP contribution >= 0.6 is 0 Å².